The normalized spacial score (nSPS) is 22.5. The molecule has 2 aromatic heterocycles. The number of anilines is 2. The maximum Gasteiger partial charge on any atom is 0.126 e. The van der Waals surface area contributed by atoms with Gasteiger partial charge in [-0.25, -0.2) is 9.97 Å². The van der Waals surface area contributed by atoms with Crippen LogP contribution in [0.2, 0.25) is 5.02 Å². The van der Waals surface area contributed by atoms with E-state index in [2.05, 4.69) is 20.9 Å². The summed E-state index contributed by atoms with van der Waals surface area (Å²) in [6.45, 7) is 6.26. The van der Waals surface area contributed by atoms with E-state index in [1.807, 2.05) is 38.1 Å². The van der Waals surface area contributed by atoms with Crippen molar-refractivity contribution in [3.8, 4) is 11.3 Å². The first-order valence-electron chi connectivity index (χ1n) is 12.6. The molecule has 9 heteroatoms. The number of nitrogens with one attached hydrogen (secondary N) is 3. The fraction of sp³-hybridized carbons (Fsp3) is 0.615. The average molecular weight is 503 g/mol. The Bertz CT molecular complexity index is 974. The van der Waals surface area contributed by atoms with Crippen LogP contribution in [0.5, 0.6) is 0 Å². The third-order valence-electron chi connectivity index (χ3n) is 7.06. The summed E-state index contributed by atoms with van der Waals surface area (Å²) in [4.78, 5) is 9.31. The van der Waals surface area contributed by atoms with Crippen LogP contribution in [0.4, 0.5) is 11.6 Å². The highest BCUT2D eigenvalue weighted by atomic mass is 35.5. The van der Waals surface area contributed by atoms with Gasteiger partial charge < -0.3 is 31.5 Å². The van der Waals surface area contributed by atoms with Crippen molar-refractivity contribution in [3.05, 3.63) is 35.5 Å². The number of nitrogens with two attached hydrogens (primary N) is 1. The summed E-state index contributed by atoms with van der Waals surface area (Å²) >= 11 is 6.53. The molecule has 6 N–H and O–H groups in total. The van der Waals surface area contributed by atoms with Crippen molar-refractivity contribution in [1.82, 2.24) is 15.3 Å². The van der Waals surface area contributed by atoms with Crippen molar-refractivity contribution in [3.63, 3.8) is 0 Å². The Morgan fingerprint density at radius 1 is 1.14 bits per heavy atom. The highest BCUT2D eigenvalue weighted by molar-refractivity contribution is 6.33. The van der Waals surface area contributed by atoms with Crippen molar-refractivity contribution in [1.29, 1.82) is 0 Å². The molecule has 3 heterocycles. The number of aromatic nitrogens is 2. The number of halogens is 1. The van der Waals surface area contributed by atoms with E-state index in [9.17, 15) is 5.11 Å². The molecular formula is C26H39ClN6O2. The molecule has 1 saturated heterocycles. The maximum atomic E-state index is 9.52. The topological polar surface area (TPSA) is 117 Å². The van der Waals surface area contributed by atoms with Crippen LogP contribution < -0.4 is 21.7 Å². The molecule has 0 bridgehead atoms. The predicted octanol–water partition coefficient (Wildman–Crippen LogP) is 3.80. The van der Waals surface area contributed by atoms with E-state index in [0.717, 1.165) is 61.4 Å². The number of hydrogen-bond donors (Lipinski definition) is 5. The first kappa shape index (κ1) is 26.1. The molecule has 0 spiro atoms. The smallest absolute Gasteiger partial charge is 0.126 e. The van der Waals surface area contributed by atoms with Gasteiger partial charge >= 0.3 is 0 Å². The fourth-order valence-corrected chi connectivity index (χ4v) is 5.01. The summed E-state index contributed by atoms with van der Waals surface area (Å²) in [7, 11) is 0. The van der Waals surface area contributed by atoms with E-state index in [4.69, 9.17) is 27.1 Å². The molecule has 2 fully saturated rings. The first-order valence-corrected chi connectivity index (χ1v) is 13.0. The second-order valence-corrected chi connectivity index (χ2v) is 11.1. The van der Waals surface area contributed by atoms with Gasteiger partial charge in [0.05, 0.1) is 17.3 Å². The minimum atomic E-state index is -0.274. The second kappa shape index (κ2) is 11.4. The maximum absolute atomic E-state index is 9.52. The van der Waals surface area contributed by atoms with Gasteiger partial charge in [0, 0.05) is 54.7 Å². The number of aliphatic hydroxyl groups excluding tert-OH is 1. The number of hydrogen-bond acceptors (Lipinski definition) is 8. The predicted molar refractivity (Wildman–Crippen MR) is 142 cm³/mol. The van der Waals surface area contributed by atoms with E-state index < -0.39 is 0 Å². The van der Waals surface area contributed by atoms with Crippen molar-refractivity contribution in [2.75, 3.05) is 37.0 Å². The molecule has 1 aliphatic carbocycles. The molecule has 0 amide bonds. The zero-order chi connectivity index (χ0) is 24.9. The van der Waals surface area contributed by atoms with Gasteiger partial charge in [-0.3, -0.25) is 0 Å². The van der Waals surface area contributed by atoms with Crippen molar-refractivity contribution in [2.24, 2.45) is 5.73 Å². The van der Waals surface area contributed by atoms with Crippen LogP contribution in [0.25, 0.3) is 11.3 Å². The molecule has 35 heavy (non-hydrogen) atoms. The molecule has 0 radical (unpaired) electrons. The van der Waals surface area contributed by atoms with Gasteiger partial charge in [0.1, 0.15) is 11.6 Å². The Hall–Kier alpha value is -1.97. The molecule has 4 rings (SSSR count). The van der Waals surface area contributed by atoms with E-state index >= 15 is 0 Å². The minimum Gasteiger partial charge on any atom is -0.394 e. The SMILES string of the molecule is CC(C)(CO)N[C@H]1CC[C@H](Nc2cc(-c3cccc(NCC4(N)CCOCC4)n3)c(Cl)cn2)CC1. The monoisotopic (exact) mass is 502 g/mol. The van der Waals surface area contributed by atoms with Crippen LogP contribution in [0.15, 0.2) is 30.5 Å². The van der Waals surface area contributed by atoms with Crippen LogP contribution in [-0.4, -0.2) is 64.6 Å². The highest BCUT2D eigenvalue weighted by Gasteiger charge is 2.28. The van der Waals surface area contributed by atoms with Crippen molar-refractivity contribution in [2.45, 2.75) is 75.5 Å². The van der Waals surface area contributed by atoms with Crippen LogP contribution in [0.1, 0.15) is 52.4 Å². The molecule has 8 nitrogen and oxygen atoms in total. The van der Waals surface area contributed by atoms with Gasteiger partial charge in [-0.2, -0.15) is 0 Å². The van der Waals surface area contributed by atoms with Gasteiger partial charge in [-0.05, 0) is 70.6 Å². The number of rotatable bonds is 9. The molecule has 192 valence electrons. The van der Waals surface area contributed by atoms with E-state index in [0.29, 0.717) is 36.9 Å². The summed E-state index contributed by atoms with van der Waals surface area (Å²) in [5, 5.41) is 20.6. The Morgan fingerprint density at radius 3 is 2.57 bits per heavy atom. The summed E-state index contributed by atoms with van der Waals surface area (Å²) < 4.78 is 5.44. The third kappa shape index (κ3) is 7.27. The second-order valence-electron chi connectivity index (χ2n) is 10.7. The summed E-state index contributed by atoms with van der Waals surface area (Å²) in [5.74, 6) is 1.58. The average Bonchev–Trinajstić information content (AvgIpc) is 2.86. The molecular weight excluding hydrogens is 464 g/mol. The van der Waals surface area contributed by atoms with Gasteiger partial charge in [-0.1, -0.05) is 17.7 Å². The lowest BCUT2D eigenvalue weighted by atomic mass is 9.89. The lowest BCUT2D eigenvalue weighted by Gasteiger charge is -2.35. The molecule has 1 aliphatic heterocycles. The van der Waals surface area contributed by atoms with E-state index in [-0.39, 0.29) is 17.7 Å². The Balaban J connectivity index is 1.37. The Morgan fingerprint density at radius 2 is 1.86 bits per heavy atom. The van der Waals surface area contributed by atoms with Crippen LogP contribution in [0.3, 0.4) is 0 Å². The van der Waals surface area contributed by atoms with E-state index in [1.54, 1.807) is 6.20 Å². The standard InChI is InChI=1S/C26H39ClN6O2/c1-25(2,17-34)33-19-8-6-18(7-9-19)31-24-14-20(21(27)15-29-24)22-4-3-5-23(32-22)30-16-26(28)10-12-35-13-11-26/h3-5,14-15,18-19,33-34H,6-13,16-17,28H2,1-2H3,(H,29,31)(H,30,32)/t18-,19-. The van der Waals surface area contributed by atoms with Crippen molar-refractivity contribution < 1.29 is 9.84 Å². The van der Waals surface area contributed by atoms with Gasteiger partial charge in [0.25, 0.3) is 0 Å². The molecule has 1 saturated carbocycles. The zero-order valence-corrected chi connectivity index (χ0v) is 21.6. The van der Waals surface area contributed by atoms with Gasteiger partial charge in [-0.15, -0.1) is 0 Å². The Labute approximate surface area is 213 Å². The van der Waals surface area contributed by atoms with Crippen LogP contribution in [0, 0.1) is 0 Å². The van der Waals surface area contributed by atoms with Crippen LogP contribution >= 0.6 is 11.6 Å². The lowest BCUT2D eigenvalue weighted by Crippen LogP contribution is -2.50. The lowest BCUT2D eigenvalue weighted by molar-refractivity contribution is 0.0574. The summed E-state index contributed by atoms with van der Waals surface area (Å²) in [5.41, 5.74) is 7.63. The molecule has 0 aromatic carbocycles. The molecule has 0 unspecified atom stereocenters. The number of aliphatic hydroxyl groups is 1. The van der Waals surface area contributed by atoms with E-state index in [1.165, 1.54) is 0 Å². The molecule has 2 aromatic rings. The fourth-order valence-electron chi connectivity index (χ4n) is 4.81. The third-order valence-corrected chi connectivity index (χ3v) is 7.36. The number of ether oxygens (including phenoxy) is 1. The van der Waals surface area contributed by atoms with Crippen molar-refractivity contribution >= 4 is 23.2 Å². The number of pyridine rings is 2. The highest BCUT2D eigenvalue weighted by Crippen LogP contribution is 2.30. The molecule has 2 aliphatic rings. The Kier molecular flexibility index (Phi) is 8.50. The zero-order valence-electron chi connectivity index (χ0n) is 20.8. The molecule has 0 atom stereocenters. The quantitative estimate of drug-likeness (QED) is 0.351. The largest absolute Gasteiger partial charge is 0.394 e. The summed E-state index contributed by atoms with van der Waals surface area (Å²) in [6.07, 6.45) is 7.57. The number of nitrogens with zero attached hydrogens (tertiary/aromatic N) is 2. The van der Waals surface area contributed by atoms with Gasteiger partial charge in [0.15, 0.2) is 0 Å². The summed E-state index contributed by atoms with van der Waals surface area (Å²) in [6, 6.07) is 8.65. The van der Waals surface area contributed by atoms with Crippen LogP contribution in [-0.2, 0) is 4.74 Å². The first-order chi connectivity index (χ1) is 16.8. The van der Waals surface area contributed by atoms with Gasteiger partial charge in [0.2, 0.25) is 0 Å². The minimum absolute atomic E-state index is 0.134.